The van der Waals surface area contributed by atoms with E-state index in [0.29, 0.717) is 12.5 Å². The van der Waals surface area contributed by atoms with Gasteiger partial charge in [0.25, 0.3) is 0 Å². The van der Waals surface area contributed by atoms with Gasteiger partial charge in [0.1, 0.15) is 11.5 Å². The average molecular weight is 297 g/mol. The van der Waals surface area contributed by atoms with E-state index in [4.69, 9.17) is 4.42 Å². The summed E-state index contributed by atoms with van der Waals surface area (Å²) in [6, 6.07) is 12.1. The molecule has 1 heterocycles. The molecule has 2 aromatic rings. The van der Waals surface area contributed by atoms with Crippen LogP contribution < -0.4 is 0 Å². The fourth-order valence-corrected chi connectivity index (χ4v) is 2.17. The van der Waals surface area contributed by atoms with Crippen molar-refractivity contribution in [2.24, 2.45) is 0 Å². The molecule has 2 rings (SSSR count). The summed E-state index contributed by atoms with van der Waals surface area (Å²) in [7, 11) is 1.77. The summed E-state index contributed by atoms with van der Waals surface area (Å²) < 4.78 is 5.48. The lowest BCUT2D eigenvalue weighted by molar-refractivity contribution is -0.125. The highest BCUT2D eigenvalue weighted by Crippen LogP contribution is 2.15. The summed E-state index contributed by atoms with van der Waals surface area (Å²) >= 11 is 0. The van der Waals surface area contributed by atoms with E-state index in [2.05, 4.69) is 26.0 Å². The van der Waals surface area contributed by atoms with Crippen LogP contribution in [-0.2, 0) is 11.3 Å². The highest BCUT2D eigenvalue weighted by atomic mass is 16.3. The molecule has 3 nitrogen and oxygen atoms in total. The molecule has 1 aromatic heterocycles. The maximum atomic E-state index is 12.1. The third kappa shape index (κ3) is 4.35. The van der Waals surface area contributed by atoms with E-state index >= 15 is 0 Å². The average Bonchev–Trinajstić information content (AvgIpc) is 2.90. The van der Waals surface area contributed by atoms with Gasteiger partial charge in [0.15, 0.2) is 0 Å². The van der Waals surface area contributed by atoms with E-state index in [-0.39, 0.29) is 5.91 Å². The van der Waals surface area contributed by atoms with Crippen LogP contribution in [-0.4, -0.2) is 17.9 Å². The molecule has 0 atom stereocenters. The number of hydrogen-bond donors (Lipinski definition) is 0. The van der Waals surface area contributed by atoms with Gasteiger partial charge in [-0.05, 0) is 42.2 Å². The van der Waals surface area contributed by atoms with Crippen molar-refractivity contribution in [3.8, 4) is 0 Å². The topological polar surface area (TPSA) is 33.5 Å². The molecular weight excluding hydrogens is 274 g/mol. The molecule has 1 aromatic carbocycles. The van der Waals surface area contributed by atoms with Crippen LogP contribution in [0.25, 0.3) is 6.08 Å². The van der Waals surface area contributed by atoms with Gasteiger partial charge in [-0.15, -0.1) is 0 Å². The Morgan fingerprint density at radius 3 is 2.41 bits per heavy atom. The number of amides is 1. The Morgan fingerprint density at radius 1 is 1.18 bits per heavy atom. The van der Waals surface area contributed by atoms with Gasteiger partial charge in [-0.2, -0.15) is 0 Å². The molecule has 22 heavy (non-hydrogen) atoms. The van der Waals surface area contributed by atoms with Crippen molar-refractivity contribution in [2.45, 2.75) is 33.2 Å². The summed E-state index contributed by atoms with van der Waals surface area (Å²) in [6.07, 6.45) is 3.44. The van der Waals surface area contributed by atoms with Crippen LogP contribution in [0.5, 0.6) is 0 Å². The highest BCUT2D eigenvalue weighted by Gasteiger charge is 2.08. The number of carbonyl (C=O) groups is 1. The van der Waals surface area contributed by atoms with E-state index in [0.717, 1.165) is 17.1 Å². The first-order valence-corrected chi connectivity index (χ1v) is 7.54. The van der Waals surface area contributed by atoms with Crippen LogP contribution in [0.15, 0.2) is 46.9 Å². The van der Waals surface area contributed by atoms with Crippen molar-refractivity contribution in [2.75, 3.05) is 7.05 Å². The van der Waals surface area contributed by atoms with Crippen molar-refractivity contribution < 1.29 is 9.21 Å². The smallest absolute Gasteiger partial charge is 0.246 e. The molecule has 0 aliphatic carbocycles. The molecule has 0 spiro atoms. The zero-order valence-electron chi connectivity index (χ0n) is 13.7. The molecule has 3 heteroatoms. The first-order chi connectivity index (χ1) is 10.5. The quantitative estimate of drug-likeness (QED) is 0.767. The molecule has 0 saturated carbocycles. The summed E-state index contributed by atoms with van der Waals surface area (Å²) in [5, 5.41) is 0. The maximum Gasteiger partial charge on any atom is 0.246 e. The van der Waals surface area contributed by atoms with E-state index < -0.39 is 0 Å². The molecule has 0 saturated heterocycles. The molecule has 0 aliphatic heterocycles. The van der Waals surface area contributed by atoms with Crippen LogP contribution in [0.3, 0.4) is 0 Å². The molecule has 0 fully saturated rings. The van der Waals surface area contributed by atoms with Crippen LogP contribution in [0.4, 0.5) is 0 Å². The van der Waals surface area contributed by atoms with E-state index in [1.807, 2.05) is 37.3 Å². The molecule has 0 bridgehead atoms. The van der Waals surface area contributed by atoms with Gasteiger partial charge in [-0.25, -0.2) is 0 Å². The fraction of sp³-hybridized carbons (Fsp3) is 0.316. The van der Waals surface area contributed by atoms with Gasteiger partial charge >= 0.3 is 0 Å². The molecular formula is C19H23NO2. The second-order valence-electron chi connectivity index (χ2n) is 5.86. The number of rotatable bonds is 5. The van der Waals surface area contributed by atoms with Crippen LogP contribution in [0.1, 0.15) is 42.4 Å². The summed E-state index contributed by atoms with van der Waals surface area (Å²) in [6.45, 7) is 6.70. The predicted molar refractivity (Wildman–Crippen MR) is 89.5 cm³/mol. The van der Waals surface area contributed by atoms with Crippen molar-refractivity contribution >= 4 is 12.0 Å². The summed E-state index contributed by atoms with van der Waals surface area (Å²) in [5.74, 6) is 2.13. The molecule has 0 N–H and O–H groups in total. The molecule has 0 radical (unpaired) electrons. The normalized spacial score (nSPS) is 11.3. The van der Waals surface area contributed by atoms with Crippen molar-refractivity contribution in [3.05, 3.63) is 65.1 Å². The van der Waals surface area contributed by atoms with Gasteiger partial charge in [0.2, 0.25) is 5.91 Å². The van der Waals surface area contributed by atoms with Crippen molar-refractivity contribution in [1.82, 2.24) is 4.90 Å². The van der Waals surface area contributed by atoms with E-state index in [1.165, 1.54) is 5.56 Å². The Labute approximate surface area is 132 Å². The Kier molecular flexibility index (Phi) is 5.21. The van der Waals surface area contributed by atoms with Gasteiger partial charge in [0, 0.05) is 13.1 Å². The van der Waals surface area contributed by atoms with Crippen molar-refractivity contribution in [3.63, 3.8) is 0 Å². The second kappa shape index (κ2) is 7.12. The van der Waals surface area contributed by atoms with Gasteiger partial charge in [-0.3, -0.25) is 4.79 Å². The Morgan fingerprint density at radius 2 is 1.86 bits per heavy atom. The molecule has 116 valence electrons. The highest BCUT2D eigenvalue weighted by molar-refractivity contribution is 5.91. The summed E-state index contributed by atoms with van der Waals surface area (Å²) in [5.41, 5.74) is 2.33. The molecule has 0 unspecified atom stereocenters. The fourth-order valence-electron chi connectivity index (χ4n) is 2.17. The van der Waals surface area contributed by atoms with E-state index in [1.54, 1.807) is 18.0 Å². The third-order valence-electron chi connectivity index (χ3n) is 3.59. The van der Waals surface area contributed by atoms with Gasteiger partial charge in [0.05, 0.1) is 6.54 Å². The number of hydrogen-bond acceptors (Lipinski definition) is 2. The zero-order valence-corrected chi connectivity index (χ0v) is 13.7. The van der Waals surface area contributed by atoms with Gasteiger partial charge in [-0.1, -0.05) is 38.1 Å². The van der Waals surface area contributed by atoms with E-state index in [9.17, 15) is 4.79 Å². The van der Waals surface area contributed by atoms with Crippen LogP contribution in [0, 0.1) is 6.92 Å². The lowest BCUT2D eigenvalue weighted by Gasteiger charge is -2.13. The number of aryl methyl sites for hydroxylation is 1. The van der Waals surface area contributed by atoms with Gasteiger partial charge < -0.3 is 9.32 Å². The maximum absolute atomic E-state index is 12.1. The minimum Gasteiger partial charge on any atom is -0.464 e. The standard InChI is InChI=1S/C19H23NO2/c1-14(2)17-9-6-16(7-10-17)8-12-19(21)20(4)13-18-11-5-15(3)22-18/h5-12,14H,13H2,1-4H3/b12-8+. The molecule has 0 aliphatic rings. The Bertz CT molecular complexity index is 650. The first-order valence-electron chi connectivity index (χ1n) is 7.54. The lowest BCUT2D eigenvalue weighted by atomic mass is 10.0. The number of likely N-dealkylation sites (N-methyl/N-ethyl adjacent to an activating group) is 1. The number of furan rings is 1. The SMILES string of the molecule is Cc1ccc(CN(C)C(=O)/C=C/c2ccc(C(C)C)cc2)o1. The van der Waals surface area contributed by atoms with Crippen LogP contribution >= 0.6 is 0 Å². The van der Waals surface area contributed by atoms with Crippen molar-refractivity contribution in [1.29, 1.82) is 0 Å². The number of carbonyl (C=O) groups excluding carboxylic acids is 1. The zero-order chi connectivity index (χ0) is 16.1. The monoisotopic (exact) mass is 297 g/mol. The molecule has 1 amide bonds. The summed E-state index contributed by atoms with van der Waals surface area (Å²) in [4.78, 5) is 13.7. The predicted octanol–water partition coefficient (Wildman–Crippen LogP) is 4.38. The second-order valence-corrected chi connectivity index (χ2v) is 5.86. The number of nitrogens with zero attached hydrogens (tertiary/aromatic N) is 1. The first kappa shape index (κ1) is 16.1. The van der Waals surface area contributed by atoms with Crippen LogP contribution in [0.2, 0.25) is 0 Å². The Balaban J connectivity index is 1.95. The largest absolute Gasteiger partial charge is 0.464 e. The Hall–Kier alpha value is -2.29. The minimum atomic E-state index is -0.0398. The number of benzene rings is 1. The third-order valence-corrected chi connectivity index (χ3v) is 3.59. The minimum absolute atomic E-state index is 0.0398. The lowest BCUT2D eigenvalue weighted by Crippen LogP contribution is -2.23.